The Morgan fingerprint density at radius 1 is 1.67 bits per heavy atom. The molecule has 15 heavy (non-hydrogen) atoms. The van der Waals surface area contributed by atoms with Gasteiger partial charge in [0.15, 0.2) is 0 Å². The quantitative estimate of drug-likeness (QED) is 0.617. The topological polar surface area (TPSA) is 50.1 Å². The highest BCUT2D eigenvalue weighted by Gasteiger charge is 2.16. The molecule has 0 saturated heterocycles. The minimum Gasteiger partial charge on any atom is -0.462 e. The standard InChI is InChI=1S/C10H7ClINO2/c1-2-15-10(14)9-7(11)3-6(5-13)4-8(9)12/h3-4H,2H2,1H3. The monoisotopic (exact) mass is 335 g/mol. The van der Waals surface area contributed by atoms with Crippen LogP contribution in [0.15, 0.2) is 12.1 Å². The van der Waals surface area contributed by atoms with E-state index in [1.54, 1.807) is 13.0 Å². The number of halogens is 2. The van der Waals surface area contributed by atoms with E-state index < -0.39 is 5.97 Å². The first kappa shape index (κ1) is 12.3. The predicted molar refractivity (Wildman–Crippen MR) is 64.8 cm³/mol. The number of nitrogens with zero attached hydrogens (tertiary/aromatic N) is 1. The number of hydrogen-bond acceptors (Lipinski definition) is 3. The van der Waals surface area contributed by atoms with Crippen molar-refractivity contribution < 1.29 is 9.53 Å². The lowest BCUT2D eigenvalue weighted by atomic mass is 10.1. The predicted octanol–water partition coefficient (Wildman–Crippen LogP) is 2.99. The summed E-state index contributed by atoms with van der Waals surface area (Å²) in [6.45, 7) is 2.02. The highest BCUT2D eigenvalue weighted by atomic mass is 127. The molecule has 0 unspecified atom stereocenters. The van der Waals surface area contributed by atoms with Crippen molar-refractivity contribution >= 4 is 40.2 Å². The number of rotatable bonds is 2. The lowest BCUT2D eigenvalue weighted by molar-refractivity contribution is 0.0525. The van der Waals surface area contributed by atoms with E-state index >= 15 is 0 Å². The first-order valence-corrected chi connectivity index (χ1v) is 5.62. The van der Waals surface area contributed by atoms with Gasteiger partial charge in [0.25, 0.3) is 0 Å². The number of benzene rings is 1. The molecule has 3 nitrogen and oxygen atoms in total. The summed E-state index contributed by atoms with van der Waals surface area (Å²) in [6, 6.07) is 5.02. The SMILES string of the molecule is CCOC(=O)c1c(Cl)cc(C#N)cc1I. The van der Waals surface area contributed by atoms with Crippen molar-refractivity contribution in [3.8, 4) is 6.07 Å². The van der Waals surface area contributed by atoms with Crippen molar-refractivity contribution in [3.63, 3.8) is 0 Å². The lowest BCUT2D eigenvalue weighted by Gasteiger charge is -2.06. The highest BCUT2D eigenvalue weighted by Crippen LogP contribution is 2.24. The van der Waals surface area contributed by atoms with E-state index in [4.69, 9.17) is 21.6 Å². The average Bonchev–Trinajstić information content (AvgIpc) is 2.16. The Balaban J connectivity index is 3.21. The maximum Gasteiger partial charge on any atom is 0.340 e. The third-order valence-electron chi connectivity index (χ3n) is 1.65. The molecule has 0 spiro atoms. The fourth-order valence-electron chi connectivity index (χ4n) is 1.04. The summed E-state index contributed by atoms with van der Waals surface area (Å²) in [5.74, 6) is -0.462. The first-order chi connectivity index (χ1) is 7.10. The van der Waals surface area contributed by atoms with E-state index in [1.165, 1.54) is 6.07 Å². The molecular weight excluding hydrogens is 328 g/mol. The normalized spacial score (nSPS) is 9.47. The second-order valence-corrected chi connectivity index (χ2v) is 4.22. The van der Waals surface area contributed by atoms with Crippen LogP contribution < -0.4 is 0 Å². The van der Waals surface area contributed by atoms with E-state index in [2.05, 4.69) is 0 Å². The molecule has 0 atom stereocenters. The van der Waals surface area contributed by atoms with Crippen LogP contribution >= 0.6 is 34.2 Å². The molecule has 0 saturated carbocycles. The van der Waals surface area contributed by atoms with Crippen molar-refractivity contribution in [3.05, 3.63) is 31.9 Å². The largest absolute Gasteiger partial charge is 0.462 e. The Bertz CT molecular complexity index is 417. The maximum atomic E-state index is 11.5. The number of carbonyl (C=O) groups is 1. The molecule has 0 aliphatic rings. The number of ether oxygens (including phenoxy) is 1. The fraction of sp³-hybridized carbons (Fsp3) is 0.200. The summed E-state index contributed by atoms with van der Waals surface area (Å²) in [4.78, 5) is 11.5. The van der Waals surface area contributed by atoms with Gasteiger partial charge in [0.2, 0.25) is 0 Å². The van der Waals surface area contributed by atoms with Crippen molar-refractivity contribution in [2.24, 2.45) is 0 Å². The summed E-state index contributed by atoms with van der Waals surface area (Å²) in [7, 11) is 0. The van der Waals surface area contributed by atoms with Gasteiger partial charge in [0, 0.05) is 3.57 Å². The van der Waals surface area contributed by atoms with Gasteiger partial charge in [0.05, 0.1) is 28.8 Å². The molecule has 0 aromatic heterocycles. The van der Waals surface area contributed by atoms with Crippen LogP contribution in [-0.2, 0) is 4.74 Å². The Labute approximate surface area is 106 Å². The third kappa shape index (κ3) is 2.83. The number of esters is 1. The minimum absolute atomic E-state index is 0.247. The maximum absolute atomic E-state index is 11.5. The van der Waals surface area contributed by atoms with E-state index in [0.29, 0.717) is 21.3 Å². The molecule has 0 N–H and O–H groups in total. The van der Waals surface area contributed by atoms with E-state index in [0.717, 1.165) is 0 Å². The van der Waals surface area contributed by atoms with Gasteiger partial charge in [-0.15, -0.1) is 0 Å². The van der Waals surface area contributed by atoms with Gasteiger partial charge in [-0.1, -0.05) is 11.6 Å². The van der Waals surface area contributed by atoms with Gasteiger partial charge in [-0.25, -0.2) is 4.79 Å². The Hall–Kier alpha value is -0.800. The minimum atomic E-state index is -0.462. The van der Waals surface area contributed by atoms with Crippen molar-refractivity contribution in [1.82, 2.24) is 0 Å². The second kappa shape index (κ2) is 5.33. The molecule has 5 heteroatoms. The molecule has 0 heterocycles. The molecule has 1 aromatic carbocycles. The summed E-state index contributed by atoms with van der Waals surface area (Å²) in [5, 5.41) is 8.94. The van der Waals surface area contributed by atoms with Gasteiger partial charge >= 0.3 is 5.97 Å². The second-order valence-electron chi connectivity index (χ2n) is 2.65. The van der Waals surface area contributed by atoms with E-state index in [1.807, 2.05) is 28.7 Å². The van der Waals surface area contributed by atoms with E-state index in [9.17, 15) is 4.79 Å². The van der Waals surface area contributed by atoms with Gasteiger partial charge in [0.1, 0.15) is 0 Å². The van der Waals surface area contributed by atoms with Crippen molar-refractivity contribution in [2.45, 2.75) is 6.92 Å². The van der Waals surface area contributed by atoms with Crippen LogP contribution in [-0.4, -0.2) is 12.6 Å². The molecule has 0 bridgehead atoms. The molecule has 0 aliphatic heterocycles. The zero-order chi connectivity index (χ0) is 11.4. The van der Waals surface area contributed by atoms with Gasteiger partial charge < -0.3 is 4.74 Å². The van der Waals surface area contributed by atoms with Crippen LogP contribution in [0.1, 0.15) is 22.8 Å². The number of carbonyl (C=O) groups excluding carboxylic acids is 1. The number of nitriles is 1. The zero-order valence-electron chi connectivity index (χ0n) is 7.88. The van der Waals surface area contributed by atoms with Crippen LogP contribution in [0, 0.1) is 14.9 Å². The van der Waals surface area contributed by atoms with Gasteiger partial charge in [-0.2, -0.15) is 5.26 Å². The molecule has 0 aliphatic carbocycles. The van der Waals surface area contributed by atoms with E-state index in [-0.39, 0.29) is 5.02 Å². The molecule has 0 amide bonds. The molecule has 0 radical (unpaired) electrons. The van der Waals surface area contributed by atoms with Crippen LogP contribution in [0.25, 0.3) is 0 Å². The van der Waals surface area contributed by atoms with Crippen LogP contribution in [0.3, 0.4) is 0 Å². The summed E-state index contributed by atoms with van der Waals surface area (Å²) in [5.41, 5.74) is 0.746. The first-order valence-electron chi connectivity index (χ1n) is 4.16. The molecular formula is C10H7ClINO2. The molecule has 78 valence electrons. The van der Waals surface area contributed by atoms with Gasteiger partial charge in [-0.3, -0.25) is 0 Å². The Morgan fingerprint density at radius 3 is 2.80 bits per heavy atom. The molecule has 0 fully saturated rings. The lowest BCUT2D eigenvalue weighted by Crippen LogP contribution is -2.07. The van der Waals surface area contributed by atoms with Crippen LogP contribution in [0.4, 0.5) is 0 Å². The Kier molecular flexibility index (Phi) is 4.36. The van der Waals surface area contributed by atoms with Gasteiger partial charge in [-0.05, 0) is 41.6 Å². The highest BCUT2D eigenvalue weighted by molar-refractivity contribution is 14.1. The summed E-state index contributed by atoms with van der Waals surface area (Å²) >= 11 is 7.84. The summed E-state index contributed by atoms with van der Waals surface area (Å²) < 4.78 is 5.47. The third-order valence-corrected chi connectivity index (χ3v) is 2.80. The fourth-order valence-corrected chi connectivity index (χ4v) is 2.34. The Morgan fingerprint density at radius 2 is 2.33 bits per heavy atom. The zero-order valence-corrected chi connectivity index (χ0v) is 10.8. The molecule has 1 rings (SSSR count). The van der Waals surface area contributed by atoms with Crippen molar-refractivity contribution in [2.75, 3.05) is 6.61 Å². The molecule has 1 aromatic rings. The van der Waals surface area contributed by atoms with Crippen LogP contribution in [0.5, 0.6) is 0 Å². The van der Waals surface area contributed by atoms with Crippen LogP contribution in [0.2, 0.25) is 5.02 Å². The average molecular weight is 336 g/mol. The number of hydrogen-bond donors (Lipinski definition) is 0. The summed E-state index contributed by atoms with van der Waals surface area (Å²) in [6.07, 6.45) is 0. The smallest absolute Gasteiger partial charge is 0.340 e. The van der Waals surface area contributed by atoms with Crippen molar-refractivity contribution in [1.29, 1.82) is 5.26 Å².